The Labute approximate surface area is 121 Å². The number of hydrogen-bond acceptors (Lipinski definition) is 3. The van der Waals surface area contributed by atoms with E-state index >= 15 is 0 Å². The molecular weight excluding hydrogens is 308 g/mol. The van der Waals surface area contributed by atoms with E-state index in [1.165, 1.54) is 12.8 Å². The molecule has 1 N–H and O–H groups in total. The van der Waals surface area contributed by atoms with Gasteiger partial charge in [-0.05, 0) is 43.4 Å². The molecule has 1 aliphatic heterocycles. The highest BCUT2D eigenvalue weighted by Crippen LogP contribution is 2.49. The van der Waals surface area contributed by atoms with Gasteiger partial charge in [0, 0.05) is 23.7 Å². The van der Waals surface area contributed by atoms with E-state index in [0.29, 0.717) is 6.42 Å². The monoisotopic (exact) mass is 324 g/mol. The Hall–Kier alpha value is -0.740. The molecule has 0 aromatic heterocycles. The molecule has 0 atom stereocenters. The van der Waals surface area contributed by atoms with E-state index in [1.54, 1.807) is 0 Å². The number of rotatable bonds is 2. The Bertz CT molecular complexity index is 530. The quantitative estimate of drug-likeness (QED) is 0.904. The third kappa shape index (κ3) is 2.05. The average molecular weight is 325 g/mol. The predicted octanol–water partition coefficient (Wildman–Crippen LogP) is 3.56. The molecule has 1 aromatic carbocycles. The second-order valence-electron chi connectivity index (χ2n) is 6.11. The molecule has 0 bridgehead atoms. The number of aliphatic hydroxyl groups is 1. The van der Waals surface area contributed by atoms with Crippen molar-refractivity contribution in [3.8, 4) is 11.5 Å². The maximum absolute atomic E-state index is 10.1. The van der Waals surface area contributed by atoms with Gasteiger partial charge in [0.25, 0.3) is 5.79 Å². The first-order valence-corrected chi connectivity index (χ1v) is 7.80. The molecule has 19 heavy (non-hydrogen) atoms. The summed E-state index contributed by atoms with van der Waals surface area (Å²) in [7, 11) is 0. The van der Waals surface area contributed by atoms with Crippen molar-refractivity contribution in [2.45, 2.75) is 56.3 Å². The van der Waals surface area contributed by atoms with Gasteiger partial charge in [0.05, 0.1) is 5.60 Å². The number of benzene rings is 1. The lowest BCUT2D eigenvalue weighted by atomic mass is 10.1. The summed E-state index contributed by atoms with van der Waals surface area (Å²) in [5.41, 5.74) is 0.624. The summed E-state index contributed by atoms with van der Waals surface area (Å²) in [6.45, 7) is 0. The van der Waals surface area contributed by atoms with Crippen LogP contribution in [0.3, 0.4) is 0 Å². The highest BCUT2D eigenvalue weighted by molar-refractivity contribution is 9.10. The van der Waals surface area contributed by atoms with Crippen molar-refractivity contribution in [2.75, 3.05) is 0 Å². The largest absolute Gasteiger partial charge is 0.448 e. The standard InChI is InChI=1S/C15H17BrO3/c16-11-8-13-12(7-10(11)9-14(17)5-6-14)18-15(19-13)3-1-2-4-15/h7-8,17H,1-6,9H2. The molecule has 4 heteroatoms. The Kier molecular flexibility index (Phi) is 2.46. The summed E-state index contributed by atoms with van der Waals surface area (Å²) in [5.74, 6) is 1.27. The summed E-state index contributed by atoms with van der Waals surface area (Å²) in [6, 6.07) is 4.02. The van der Waals surface area contributed by atoms with Crippen LogP contribution in [0, 0.1) is 0 Å². The molecule has 4 rings (SSSR count). The number of halogens is 1. The van der Waals surface area contributed by atoms with Gasteiger partial charge in [0.1, 0.15) is 0 Å². The predicted molar refractivity (Wildman–Crippen MR) is 74.5 cm³/mol. The molecule has 0 unspecified atom stereocenters. The van der Waals surface area contributed by atoms with Gasteiger partial charge in [0.15, 0.2) is 11.5 Å². The minimum Gasteiger partial charge on any atom is -0.448 e. The SMILES string of the molecule is OC1(Cc2cc3c(cc2Br)OC2(CCCC2)O3)CC1. The van der Waals surface area contributed by atoms with Crippen LogP contribution in [0.1, 0.15) is 44.1 Å². The molecule has 1 heterocycles. The fraction of sp³-hybridized carbons (Fsp3) is 0.600. The minimum atomic E-state index is -0.485. The van der Waals surface area contributed by atoms with Gasteiger partial charge in [-0.3, -0.25) is 0 Å². The lowest BCUT2D eigenvalue weighted by Gasteiger charge is -2.21. The van der Waals surface area contributed by atoms with Crippen molar-refractivity contribution < 1.29 is 14.6 Å². The summed E-state index contributed by atoms with van der Waals surface area (Å²) in [5, 5.41) is 10.1. The van der Waals surface area contributed by atoms with Crippen LogP contribution in [0.5, 0.6) is 11.5 Å². The zero-order valence-corrected chi connectivity index (χ0v) is 12.3. The van der Waals surface area contributed by atoms with Crippen LogP contribution in [0.2, 0.25) is 0 Å². The van der Waals surface area contributed by atoms with Crippen LogP contribution >= 0.6 is 15.9 Å². The summed E-state index contributed by atoms with van der Waals surface area (Å²) >= 11 is 3.58. The molecule has 3 aliphatic rings. The fourth-order valence-corrected chi connectivity index (χ4v) is 3.55. The summed E-state index contributed by atoms with van der Waals surface area (Å²) in [4.78, 5) is 0. The summed E-state index contributed by atoms with van der Waals surface area (Å²) in [6.07, 6.45) is 6.77. The molecule has 102 valence electrons. The van der Waals surface area contributed by atoms with E-state index in [9.17, 15) is 5.11 Å². The van der Waals surface area contributed by atoms with Crippen LogP contribution in [0.15, 0.2) is 16.6 Å². The molecule has 0 radical (unpaired) electrons. The van der Waals surface area contributed by atoms with Crippen LogP contribution < -0.4 is 9.47 Å². The zero-order chi connectivity index (χ0) is 13.1. The normalized spacial score (nSPS) is 24.9. The molecule has 0 saturated heterocycles. The third-order valence-electron chi connectivity index (χ3n) is 4.42. The number of hydrogen-bond donors (Lipinski definition) is 1. The van der Waals surface area contributed by atoms with Gasteiger partial charge in [-0.15, -0.1) is 0 Å². The van der Waals surface area contributed by atoms with Gasteiger partial charge < -0.3 is 14.6 Å². The number of fused-ring (bicyclic) bond motifs is 1. The van der Waals surface area contributed by atoms with E-state index in [0.717, 1.165) is 47.2 Å². The first-order valence-electron chi connectivity index (χ1n) is 7.01. The van der Waals surface area contributed by atoms with Gasteiger partial charge in [-0.1, -0.05) is 15.9 Å². The summed E-state index contributed by atoms with van der Waals surface area (Å²) < 4.78 is 13.1. The zero-order valence-electron chi connectivity index (χ0n) is 10.7. The Morgan fingerprint density at radius 2 is 1.68 bits per heavy atom. The van der Waals surface area contributed by atoms with E-state index in [-0.39, 0.29) is 0 Å². The lowest BCUT2D eigenvalue weighted by Crippen LogP contribution is -2.34. The van der Waals surface area contributed by atoms with Gasteiger partial charge in [-0.25, -0.2) is 0 Å². The topological polar surface area (TPSA) is 38.7 Å². The lowest BCUT2D eigenvalue weighted by molar-refractivity contribution is -0.0716. The Morgan fingerprint density at radius 1 is 1.05 bits per heavy atom. The average Bonchev–Trinajstić information content (AvgIpc) is 2.81. The molecule has 0 amide bonds. The molecule has 2 saturated carbocycles. The van der Waals surface area contributed by atoms with Crippen molar-refractivity contribution in [1.29, 1.82) is 0 Å². The van der Waals surface area contributed by atoms with Gasteiger partial charge >= 0.3 is 0 Å². The Balaban J connectivity index is 1.64. The van der Waals surface area contributed by atoms with Crippen molar-refractivity contribution in [3.05, 3.63) is 22.2 Å². The minimum absolute atomic E-state index is 0.406. The molecule has 2 fully saturated rings. The second-order valence-corrected chi connectivity index (χ2v) is 6.97. The third-order valence-corrected chi connectivity index (χ3v) is 5.15. The maximum atomic E-state index is 10.1. The van der Waals surface area contributed by atoms with E-state index in [2.05, 4.69) is 15.9 Å². The van der Waals surface area contributed by atoms with E-state index < -0.39 is 11.4 Å². The van der Waals surface area contributed by atoms with E-state index in [4.69, 9.17) is 9.47 Å². The van der Waals surface area contributed by atoms with Crippen molar-refractivity contribution in [3.63, 3.8) is 0 Å². The van der Waals surface area contributed by atoms with Crippen LogP contribution in [0.25, 0.3) is 0 Å². The first kappa shape index (κ1) is 12.0. The van der Waals surface area contributed by atoms with Crippen LogP contribution in [-0.2, 0) is 6.42 Å². The first-order chi connectivity index (χ1) is 9.08. The van der Waals surface area contributed by atoms with Crippen molar-refractivity contribution in [2.24, 2.45) is 0 Å². The molecule has 1 spiro atoms. The van der Waals surface area contributed by atoms with Crippen molar-refractivity contribution >= 4 is 15.9 Å². The van der Waals surface area contributed by atoms with Crippen LogP contribution in [-0.4, -0.2) is 16.5 Å². The van der Waals surface area contributed by atoms with Crippen molar-refractivity contribution in [1.82, 2.24) is 0 Å². The van der Waals surface area contributed by atoms with Crippen LogP contribution in [0.4, 0.5) is 0 Å². The fourth-order valence-electron chi connectivity index (χ4n) is 3.09. The number of ether oxygens (including phenoxy) is 2. The highest BCUT2D eigenvalue weighted by Gasteiger charge is 2.45. The molecular formula is C15H17BrO3. The molecule has 3 nitrogen and oxygen atoms in total. The maximum Gasteiger partial charge on any atom is 0.251 e. The molecule has 2 aliphatic carbocycles. The smallest absolute Gasteiger partial charge is 0.251 e. The van der Waals surface area contributed by atoms with Gasteiger partial charge in [-0.2, -0.15) is 0 Å². The molecule has 1 aromatic rings. The van der Waals surface area contributed by atoms with Gasteiger partial charge in [0.2, 0.25) is 0 Å². The second kappa shape index (κ2) is 3.89. The van der Waals surface area contributed by atoms with E-state index in [1.807, 2.05) is 12.1 Å². The Morgan fingerprint density at radius 3 is 2.32 bits per heavy atom. The highest BCUT2D eigenvalue weighted by atomic mass is 79.9.